The minimum Gasteiger partial charge on any atom is -0.507 e. The number of benzene rings is 1. The van der Waals surface area contributed by atoms with Crippen LogP contribution < -0.4 is 4.90 Å². The number of aromatic nitrogens is 5. The average Bonchev–Trinajstić information content (AvgIpc) is 3.37. The number of hydrogen-bond acceptors (Lipinski definition) is 7. The largest absolute Gasteiger partial charge is 0.507 e. The fourth-order valence-electron chi connectivity index (χ4n) is 4.80. The highest BCUT2D eigenvalue weighted by atomic mass is 19.1. The van der Waals surface area contributed by atoms with Gasteiger partial charge in [-0.15, -0.1) is 15.3 Å². The van der Waals surface area contributed by atoms with Crippen LogP contribution in [0.25, 0.3) is 16.9 Å². The quantitative estimate of drug-likeness (QED) is 0.709. The van der Waals surface area contributed by atoms with Crippen molar-refractivity contribution in [3.8, 4) is 22.7 Å². The predicted molar refractivity (Wildman–Crippen MR) is 110 cm³/mol. The molecule has 0 spiro atoms. The molecule has 8 nitrogen and oxygen atoms in total. The second kappa shape index (κ2) is 7.32. The van der Waals surface area contributed by atoms with Crippen LogP contribution in [-0.4, -0.2) is 73.6 Å². The van der Waals surface area contributed by atoms with Crippen molar-refractivity contribution >= 4 is 5.82 Å². The highest BCUT2D eigenvalue weighted by Crippen LogP contribution is 2.39. The van der Waals surface area contributed by atoms with Gasteiger partial charge in [0.25, 0.3) is 0 Å². The molecule has 30 heavy (non-hydrogen) atoms. The molecule has 2 aromatic heterocycles. The molecule has 2 aliphatic heterocycles. The molecule has 2 aliphatic rings. The van der Waals surface area contributed by atoms with Crippen LogP contribution in [-0.2, 0) is 0 Å². The molecule has 9 heteroatoms. The Morgan fingerprint density at radius 2 is 2.03 bits per heavy atom. The molecule has 3 aromatic rings. The Balaban J connectivity index is 1.36. The van der Waals surface area contributed by atoms with Gasteiger partial charge in [0.15, 0.2) is 5.82 Å². The lowest BCUT2D eigenvalue weighted by Gasteiger charge is -2.43. The molecule has 2 saturated heterocycles. The number of aromatic hydroxyl groups is 1. The molecule has 4 atom stereocenters. The zero-order valence-corrected chi connectivity index (χ0v) is 16.9. The van der Waals surface area contributed by atoms with Gasteiger partial charge in [-0.2, -0.15) is 0 Å². The number of hydrogen-bond donors (Lipinski definition) is 1. The van der Waals surface area contributed by atoms with Gasteiger partial charge in [-0.05, 0) is 50.6 Å². The Morgan fingerprint density at radius 3 is 2.73 bits per heavy atom. The first-order valence-corrected chi connectivity index (χ1v) is 10.2. The van der Waals surface area contributed by atoms with Crippen molar-refractivity contribution in [1.82, 2.24) is 30.1 Å². The number of nitrogens with zero attached hydrogens (tertiary/aromatic N) is 7. The first-order valence-electron chi connectivity index (χ1n) is 10.2. The summed E-state index contributed by atoms with van der Waals surface area (Å²) in [4.78, 5) is 4.10. The summed E-state index contributed by atoms with van der Waals surface area (Å²) in [5, 5.41) is 26.8. The Hall–Kier alpha value is -3.07. The van der Waals surface area contributed by atoms with Crippen molar-refractivity contribution in [2.75, 3.05) is 19.0 Å². The van der Waals surface area contributed by atoms with Crippen LogP contribution >= 0.6 is 0 Å². The molecule has 156 valence electrons. The van der Waals surface area contributed by atoms with Gasteiger partial charge < -0.3 is 10.0 Å². The van der Waals surface area contributed by atoms with E-state index in [4.69, 9.17) is 0 Å². The lowest BCUT2D eigenvalue weighted by Crippen LogP contribution is -2.56. The molecule has 4 heterocycles. The van der Waals surface area contributed by atoms with Gasteiger partial charge in [-0.3, -0.25) is 4.90 Å². The minimum atomic E-state index is -0.909. The second-order valence-corrected chi connectivity index (χ2v) is 8.15. The normalized spacial score (nSPS) is 26.1. The Kier molecular flexibility index (Phi) is 4.62. The van der Waals surface area contributed by atoms with Crippen molar-refractivity contribution in [2.24, 2.45) is 0 Å². The maximum atomic E-state index is 15.1. The van der Waals surface area contributed by atoms with E-state index in [-0.39, 0.29) is 17.8 Å². The number of alkyl halides is 1. The van der Waals surface area contributed by atoms with Crippen molar-refractivity contribution in [3.05, 3.63) is 42.7 Å². The maximum Gasteiger partial charge on any atom is 0.151 e. The Labute approximate surface area is 174 Å². The summed E-state index contributed by atoms with van der Waals surface area (Å²) in [6, 6.07) is 9.06. The summed E-state index contributed by atoms with van der Waals surface area (Å²) >= 11 is 0. The topological polar surface area (TPSA) is 83.2 Å². The highest BCUT2D eigenvalue weighted by Gasteiger charge is 2.47. The molecule has 0 saturated carbocycles. The van der Waals surface area contributed by atoms with Gasteiger partial charge in [0.05, 0.1) is 29.8 Å². The van der Waals surface area contributed by atoms with Crippen molar-refractivity contribution < 1.29 is 9.50 Å². The SMILES string of the molecule is CN(c1ccc(-c2ccc(-n3ccnn3)cc2O)nn1)[C@H]1C[C@@H]2CC[C@H]([C@@H]1F)N2C. The average molecular weight is 409 g/mol. The Morgan fingerprint density at radius 1 is 1.17 bits per heavy atom. The van der Waals surface area contributed by atoms with E-state index in [0.717, 1.165) is 19.3 Å². The number of phenolic OH excluding ortho intramolecular Hbond substituents is 1. The number of phenols is 1. The van der Waals surface area contributed by atoms with E-state index < -0.39 is 6.17 Å². The summed E-state index contributed by atoms with van der Waals surface area (Å²) in [6.07, 6.45) is 5.13. The zero-order valence-electron chi connectivity index (χ0n) is 16.9. The summed E-state index contributed by atoms with van der Waals surface area (Å²) in [5.41, 5.74) is 1.82. The summed E-state index contributed by atoms with van der Waals surface area (Å²) in [6.45, 7) is 0. The van der Waals surface area contributed by atoms with E-state index in [1.165, 1.54) is 0 Å². The van der Waals surface area contributed by atoms with Crippen LogP contribution in [0.15, 0.2) is 42.7 Å². The van der Waals surface area contributed by atoms with Crippen LogP contribution in [0.3, 0.4) is 0 Å². The van der Waals surface area contributed by atoms with Crippen LogP contribution in [0.2, 0.25) is 0 Å². The third-order valence-electron chi connectivity index (χ3n) is 6.60. The molecule has 0 radical (unpaired) electrons. The number of fused-ring (bicyclic) bond motifs is 2. The zero-order chi connectivity index (χ0) is 20.8. The number of rotatable bonds is 4. The number of piperidine rings is 1. The third kappa shape index (κ3) is 3.09. The van der Waals surface area contributed by atoms with Crippen molar-refractivity contribution in [3.63, 3.8) is 0 Å². The molecule has 5 rings (SSSR count). The molecule has 1 N–H and O–H groups in total. The van der Waals surface area contributed by atoms with Gasteiger partial charge in [0, 0.05) is 30.8 Å². The molecule has 2 fully saturated rings. The second-order valence-electron chi connectivity index (χ2n) is 8.15. The molecule has 1 aromatic carbocycles. The van der Waals surface area contributed by atoms with Crippen LogP contribution in [0.5, 0.6) is 5.75 Å². The highest BCUT2D eigenvalue weighted by molar-refractivity contribution is 5.69. The van der Waals surface area contributed by atoms with Crippen LogP contribution in [0, 0.1) is 0 Å². The summed E-state index contributed by atoms with van der Waals surface area (Å²) < 4.78 is 16.7. The molecule has 0 amide bonds. The monoisotopic (exact) mass is 409 g/mol. The molecular formula is C21H24FN7O. The van der Waals surface area contributed by atoms with Crippen LogP contribution in [0.1, 0.15) is 19.3 Å². The smallest absolute Gasteiger partial charge is 0.151 e. The molecule has 0 unspecified atom stereocenters. The third-order valence-corrected chi connectivity index (χ3v) is 6.60. The van der Waals surface area contributed by atoms with Crippen molar-refractivity contribution in [1.29, 1.82) is 0 Å². The van der Waals surface area contributed by atoms with E-state index in [1.807, 2.05) is 31.1 Å². The maximum absolute atomic E-state index is 15.1. The van der Waals surface area contributed by atoms with E-state index >= 15 is 4.39 Å². The molecular weight excluding hydrogens is 385 g/mol. The van der Waals surface area contributed by atoms with E-state index in [1.54, 1.807) is 35.3 Å². The number of halogens is 1. The summed E-state index contributed by atoms with van der Waals surface area (Å²) in [5.74, 6) is 0.711. The first kappa shape index (κ1) is 18.9. The van der Waals surface area contributed by atoms with Gasteiger partial charge >= 0.3 is 0 Å². The fourth-order valence-corrected chi connectivity index (χ4v) is 4.80. The van der Waals surface area contributed by atoms with Gasteiger partial charge in [0.1, 0.15) is 11.9 Å². The molecule has 0 aliphatic carbocycles. The molecule has 2 bridgehead atoms. The minimum absolute atomic E-state index is 0.0103. The van der Waals surface area contributed by atoms with E-state index in [2.05, 4.69) is 25.4 Å². The van der Waals surface area contributed by atoms with Crippen LogP contribution in [0.4, 0.5) is 10.2 Å². The lowest BCUT2D eigenvalue weighted by molar-refractivity contribution is 0.0701. The summed E-state index contributed by atoms with van der Waals surface area (Å²) in [7, 11) is 3.91. The standard InChI is InChI=1S/C21H24FN7O/c1-27-13-4-7-17(27)21(22)18(11-13)28(2)20-8-6-16(24-25-20)15-5-3-14(12-19(15)30)29-10-9-23-26-29/h3,5-6,8-10,12-13,17-18,21,30H,4,7,11H2,1-2H3/t13-,17+,18-,21-/m0/s1. The van der Waals surface area contributed by atoms with Gasteiger partial charge in [-0.1, -0.05) is 5.21 Å². The number of anilines is 1. The Bertz CT molecular complexity index is 1030. The van der Waals surface area contributed by atoms with E-state index in [9.17, 15) is 5.11 Å². The fraction of sp³-hybridized carbons (Fsp3) is 0.429. The van der Waals surface area contributed by atoms with Gasteiger partial charge in [-0.25, -0.2) is 9.07 Å². The predicted octanol–water partition coefficient (Wildman–Crippen LogP) is 2.44. The first-order chi connectivity index (χ1) is 14.5. The lowest BCUT2D eigenvalue weighted by atomic mass is 9.95. The van der Waals surface area contributed by atoms with Gasteiger partial charge in [0.2, 0.25) is 0 Å². The van der Waals surface area contributed by atoms with E-state index in [0.29, 0.717) is 28.8 Å². The van der Waals surface area contributed by atoms with Crippen molar-refractivity contribution in [2.45, 2.75) is 43.6 Å².